The molecule has 1 aromatic heterocycles. The number of rotatable bonds is 9. The monoisotopic (exact) mass is 467 g/mol. The summed E-state index contributed by atoms with van der Waals surface area (Å²) in [7, 11) is -15.5. The summed E-state index contributed by atoms with van der Waals surface area (Å²) in [4.78, 5) is 62.6. The van der Waals surface area contributed by atoms with Crippen LogP contribution in [0.15, 0.2) is 12.5 Å². The normalized spacial score (nSPS) is 23.2. The molecule has 0 aliphatic carbocycles. The standard InChI is InChI=1S/C10H20N3O12P3/c14-26(15,16)23-8-4-13(2-1-7-3-11-6-12-7)5-9(24-27(17,18)19)10(8)25-28(20,21)22/h3,6,8-10H,1-2,4-5H2,(H,11,12)(H2,14,15,16)(H2,17,18,19)(H2,20,21,22)/t8-,9-/m1/s1. The maximum absolute atomic E-state index is 11.3. The van der Waals surface area contributed by atoms with Crippen LogP contribution in [-0.4, -0.2) is 82.2 Å². The summed E-state index contributed by atoms with van der Waals surface area (Å²) in [5.74, 6) is 0. The Morgan fingerprint density at radius 2 is 1.46 bits per heavy atom. The van der Waals surface area contributed by atoms with Gasteiger partial charge < -0.3 is 34.3 Å². The molecule has 1 aliphatic heterocycles. The van der Waals surface area contributed by atoms with Crippen LogP contribution in [0.5, 0.6) is 0 Å². The fourth-order valence-electron chi connectivity index (χ4n) is 2.75. The van der Waals surface area contributed by atoms with E-state index in [-0.39, 0.29) is 19.6 Å². The van der Waals surface area contributed by atoms with Crippen molar-refractivity contribution in [3.8, 4) is 0 Å². The lowest BCUT2D eigenvalue weighted by atomic mass is 10.0. The number of nitrogens with one attached hydrogen (secondary N) is 1. The van der Waals surface area contributed by atoms with Gasteiger partial charge in [-0.2, -0.15) is 0 Å². The van der Waals surface area contributed by atoms with E-state index >= 15 is 0 Å². The number of imidazole rings is 1. The Kier molecular flexibility index (Phi) is 7.73. The van der Waals surface area contributed by atoms with Gasteiger partial charge in [0.1, 0.15) is 18.3 Å². The Bertz CT molecular complexity index is 738. The van der Waals surface area contributed by atoms with Crippen molar-refractivity contribution < 1.29 is 56.6 Å². The fraction of sp³-hybridized carbons (Fsp3) is 0.700. The van der Waals surface area contributed by atoms with Crippen molar-refractivity contribution >= 4 is 23.5 Å². The summed E-state index contributed by atoms with van der Waals surface area (Å²) < 4.78 is 47.3. The minimum Gasteiger partial charge on any atom is -0.348 e. The van der Waals surface area contributed by atoms with E-state index in [1.807, 2.05) is 0 Å². The molecule has 1 aromatic rings. The number of hydrogen-bond donors (Lipinski definition) is 7. The van der Waals surface area contributed by atoms with Crippen molar-refractivity contribution in [3.05, 3.63) is 18.2 Å². The lowest BCUT2D eigenvalue weighted by Gasteiger charge is -2.42. The van der Waals surface area contributed by atoms with Gasteiger partial charge >= 0.3 is 23.5 Å². The molecule has 0 aromatic carbocycles. The number of nitrogens with zero attached hydrogens (tertiary/aromatic N) is 2. The highest BCUT2D eigenvalue weighted by Crippen LogP contribution is 2.48. The molecule has 1 aliphatic rings. The zero-order valence-electron chi connectivity index (χ0n) is 14.1. The Hall–Kier alpha value is -0.500. The van der Waals surface area contributed by atoms with Gasteiger partial charge in [-0.3, -0.25) is 18.5 Å². The van der Waals surface area contributed by atoms with Gasteiger partial charge in [0.2, 0.25) is 0 Å². The molecule has 2 atom stereocenters. The van der Waals surface area contributed by atoms with Gasteiger partial charge in [0, 0.05) is 37.9 Å². The van der Waals surface area contributed by atoms with Crippen LogP contribution in [0, 0.1) is 0 Å². The van der Waals surface area contributed by atoms with Crippen molar-refractivity contribution in [1.29, 1.82) is 0 Å². The molecule has 0 spiro atoms. The molecule has 15 nitrogen and oxygen atoms in total. The molecule has 0 amide bonds. The summed E-state index contributed by atoms with van der Waals surface area (Å²) in [6.07, 6.45) is -1.80. The first-order valence-electron chi connectivity index (χ1n) is 7.63. The van der Waals surface area contributed by atoms with Crippen molar-refractivity contribution in [2.45, 2.75) is 24.7 Å². The van der Waals surface area contributed by atoms with E-state index in [0.717, 1.165) is 0 Å². The summed E-state index contributed by atoms with van der Waals surface area (Å²) in [6.45, 7) is -0.289. The molecule has 2 heterocycles. The van der Waals surface area contributed by atoms with Crippen molar-refractivity contribution in [1.82, 2.24) is 14.9 Å². The topological polar surface area (TPSA) is 232 Å². The second-order valence-corrected chi connectivity index (χ2v) is 9.49. The van der Waals surface area contributed by atoms with Crippen LogP contribution in [0.1, 0.15) is 5.69 Å². The summed E-state index contributed by atoms with van der Waals surface area (Å²) >= 11 is 0. The second kappa shape index (κ2) is 9.11. The molecule has 0 saturated carbocycles. The smallest absolute Gasteiger partial charge is 0.348 e. The number of H-pyrrole nitrogens is 1. The van der Waals surface area contributed by atoms with Crippen LogP contribution < -0.4 is 0 Å². The first-order chi connectivity index (χ1) is 12.7. The molecule has 0 radical (unpaired) electrons. The number of hydrogen-bond acceptors (Lipinski definition) is 8. The largest absolute Gasteiger partial charge is 0.470 e. The highest BCUT2D eigenvalue weighted by molar-refractivity contribution is 7.47. The van der Waals surface area contributed by atoms with Gasteiger partial charge in [0.05, 0.1) is 6.33 Å². The van der Waals surface area contributed by atoms with E-state index in [1.54, 1.807) is 0 Å². The molecular formula is C10H20N3O12P3. The first-order valence-corrected chi connectivity index (χ1v) is 12.2. The summed E-state index contributed by atoms with van der Waals surface area (Å²) in [5.41, 5.74) is 0.716. The molecule has 162 valence electrons. The van der Waals surface area contributed by atoms with Crippen molar-refractivity contribution in [2.75, 3.05) is 19.6 Å². The number of likely N-dealkylation sites (tertiary alicyclic amines) is 1. The Morgan fingerprint density at radius 1 is 0.964 bits per heavy atom. The van der Waals surface area contributed by atoms with E-state index in [0.29, 0.717) is 12.1 Å². The van der Waals surface area contributed by atoms with E-state index in [4.69, 9.17) is 29.4 Å². The number of phosphoric acid groups is 3. The minimum atomic E-state index is -5.21. The van der Waals surface area contributed by atoms with Crippen LogP contribution >= 0.6 is 23.5 Å². The van der Waals surface area contributed by atoms with Crippen LogP contribution in [-0.2, 0) is 33.7 Å². The van der Waals surface area contributed by atoms with E-state index < -0.39 is 41.8 Å². The quantitative estimate of drug-likeness (QED) is 0.209. The van der Waals surface area contributed by atoms with Gasteiger partial charge in [-0.15, -0.1) is 0 Å². The lowest BCUT2D eigenvalue weighted by Crippen LogP contribution is -2.57. The maximum atomic E-state index is 11.3. The molecule has 18 heteroatoms. The third kappa shape index (κ3) is 8.47. The molecule has 1 fully saturated rings. The number of piperidine rings is 1. The SMILES string of the molecule is O=P(O)(O)OC1[C@H](OP(=O)(O)O)CN(CCc2cnc[nH]2)C[C@H]1OP(=O)(O)O. The Labute approximate surface area is 158 Å². The minimum absolute atomic E-state index is 0.229. The average Bonchev–Trinajstić information content (AvgIpc) is 2.97. The summed E-state index contributed by atoms with van der Waals surface area (Å²) in [5, 5.41) is 0. The van der Waals surface area contributed by atoms with Gasteiger partial charge in [-0.05, 0) is 0 Å². The molecular weight excluding hydrogens is 447 g/mol. The molecule has 28 heavy (non-hydrogen) atoms. The highest BCUT2D eigenvalue weighted by Gasteiger charge is 2.47. The second-order valence-electron chi connectivity index (χ2n) is 5.92. The molecule has 1 saturated heterocycles. The predicted octanol–water partition coefficient (Wildman–Crippen LogP) is -1.30. The average molecular weight is 467 g/mol. The molecule has 0 unspecified atom stereocenters. The third-order valence-electron chi connectivity index (χ3n) is 3.67. The number of aromatic nitrogens is 2. The van der Waals surface area contributed by atoms with Crippen LogP contribution in [0.25, 0.3) is 0 Å². The van der Waals surface area contributed by atoms with Gasteiger partial charge in [-0.1, -0.05) is 0 Å². The van der Waals surface area contributed by atoms with Gasteiger partial charge in [0.15, 0.2) is 0 Å². The van der Waals surface area contributed by atoms with Gasteiger partial charge in [0.25, 0.3) is 0 Å². The van der Waals surface area contributed by atoms with E-state index in [2.05, 4.69) is 23.5 Å². The van der Waals surface area contributed by atoms with Crippen molar-refractivity contribution in [2.24, 2.45) is 0 Å². The molecule has 0 bridgehead atoms. The zero-order valence-corrected chi connectivity index (χ0v) is 16.8. The summed E-state index contributed by atoms with van der Waals surface area (Å²) in [6, 6.07) is 0. The van der Waals surface area contributed by atoms with Crippen molar-refractivity contribution in [3.63, 3.8) is 0 Å². The predicted molar refractivity (Wildman–Crippen MR) is 89.5 cm³/mol. The van der Waals surface area contributed by atoms with Crippen LogP contribution in [0.2, 0.25) is 0 Å². The lowest BCUT2D eigenvalue weighted by molar-refractivity contribution is -0.0985. The zero-order chi connectivity index (χ0) is 21.2. The van der Waals surface area contributed by atoms with E-state index in [9.17, 15) is 13.7 Å². The first kappa shape index (κ1) is 23.8. The highest BCUT2D eigenvalue weighted by atomic mass is 31.2. The van der Waals surface area contributed by atoms with Crippen LogP contribution in [0.3, 0.4) is 0 Å². The maximum Gasteiger partial charge on any atom is 0.470 e. The Balaban J connectivity index is 2.24. The molecule has 7 N–H and O–H groups in total. The third-order valence-corrected chi connectivity index (χ3v) is 5.27. The number of phosphoric ester groups is 3. The van der Waals surface area contributed by atoms with E-state index in [1.165, 1.54) is 17.4 Å². The van der Waals surface area contributed by atoms with Crippen LogP contribution in [0.4, 0.5) is 0 Å². The fourth-order valence-corrected chi connectivity index (χ4v) is 4.41. The molecule has 2 rings (SSSR count). The number of aromatic amines is 1. The van der Waals surface area contributed by atoms with Gasteiger partial charge in [-0.25, -0.2) is 18.7 Å². The Morgan fingerprint density at radius 3 is 1.86 bits per heavy atom.